The summed E-state index contributed by atoms with van der Waals surface area (Å²) in [5, 5.41) is 3.64. The molecule has 1 saturated carbocycles. The number of hydrogen-bond donors (Lipinski definition) is 1. The second-order valence-corrected chi connectivity index (χ2v) is 9.48. The summed E-state index contributed by atoms with van der Waals surface area (Å²) < 4.78 is 43.0. The van der Waals surface area contributed by atoms with Crippen molar-refractivity contribution in [3.63, 3.8) is 0 Å². The van der Waals surface area contributed by atoms with E-state index in [9.17, 15) is 13.2 Å². The van der Waals surface area contributed by atoms with Crippen LogP contribution in [-0.4, -0.2) is 37.7 Å². The summed E-state index contributed by atoms with van der Waals surface area (Å²) in [6, 6.07) is 9.13. The third-order valence-electron chi connectivity index (χ3n) is 4.57. The minimum Gasteiger partial charge on any atom is -0.497 e. The largest absolute Gasteiger partial charge is 0.497 e. The van der Waals surface area contributed by atoms with Crippen LogP contribution >= 0.6 is 23.2 Å². The van der Waals surface area contributed by atoms with Crippen LogP contribution in [0.4, 0.5) is 0 Å². The zero-order chi connectivity index (χ0) is 22.9. The van der Waals surface area contributed by atoms with Gasteiger partial charge in [-0.25, -0.2) is 17.9 Å². The van der Waals surface area contributed by atoms with Crippen molar-refractivity contribution in [2.24, 2.45) is 0 Å². The van der Waals surface area contributed by atoms with Gasteiger partial charge < -0.3 is 14.0 Å². The van der Waals surface area contributed by atoms with E-state index in [1.54, 1.807) is 31.4 Å². The molecule has 0 saturated heterocycles. The molecule has 0 amide bonds. The molecule has 2 aromatic carbocycles. The summed E-state index contributed by atoms with van der Waals surface area (Å²) in [5.41, 5.74) is 0.515. The van der Waals surface area contributed by atoms with Crippen molar-refractivity contribution in [3.8, 4) is 17.2 Å². The smallest absolute Gasteiger partial charge is 0.340 e. The number of halogens is 2. The number of aromatic nitrogens is 2. The molecule has 3 aromatic rings. The Balaban J connectivity index is 1.47. The predicted octanol–water partition coefficient (Wildman–Crippen LogP) is 3.85. The first-order chi connectivity index (χ1) is 15.3. The molecule has 0 aliphatic heterocycles. The van der Waals surface area contributed by atoms with Crippen LogP contribution < -0.4 is 9.46 Å². The molecular formula is C20H17Cl2N3O6S. The molecule has 1 aliphatic rings. The first-order valence-corrected chi connectivity index (χ1v) is 11.7. The molecule has 0 atom stereocenters. The van der Waals surface area contributed by atoms with E-state index in [-0.39, 0.29) is 44.9 Å². The van der Waals surface area contributed by atoms with Gasteiger partial charge in [0.1, 0.15) is 10.6 Å². The van der Waals surface area contributed by atoms with Gasteiger partial charge in [0.05, 0.1) is 22.7 Å². The summed E-state index contributed by atoms with van der Waals surface area (Å²) in [6.07, 6.45) is 1.51. The summed E-state index contributed by atoms with van der Waals surface area (Å²) in [6.45, 7) is -0.306. The number of benzene rings is 2. The van der Waals surface area contributed by atoms with E-state index >= 15 is 0 Å². The third kappa shape index (κ3) is 5.04. The van der Waals surface area contributed by atoms with Gasteiger partial charge in [0.2, 0.25) is 15.8 Å². The van der Waals surface area contributed by atoms with Crippen molar-refractivity contribution in [1.82, 2.24) is 14.9 Å². The average Bonchev–Trinajstić information content (AvgIpc) is 3.43. The summed E-state index contributed by atoms with van der Waals surface area (Å²) in [4.78, 5) is 16.5. The van der Waals surface area contributed by atoms with Crippen LogP contribution in [0.5, 0.6) is 5.75 Å². The van der Waals surface area contributed by atoms with Gasteiger partial charge in [0.15, 0.2) is 6.61 Å². The average molecular weight is 498 g/mol. The fourth-order valence-electron chi connectivity index (χ4n) is 2.75. The van der Waals surface area contributed by atoms with Crippen LogP contribution in [0, 0.1) is 0 Å². The molecule has 12 heteroatoms. The second kappa shape index (κ2) is 9.07. The molecule has 168 valence electrons. The van der Waals surface area contributed by atoms with Gasteiger partial charge in [-0.3, -0.25) is 0 Å². The third-order valence-corrected chi connectivity index (χ3v) is 6.87. The minimum absolute atomic E-state index is 0.0441. The number of nitrogens with zero attached hydrogens (tertiary/aromatic N) is 2. The van der Waals surface area contributed by atoms with Gasteiger partial charge in [-0.05, 0) is 49.2 Å². The number of methoxy groups -OCH3 is 1. The summed E-state index contributed by atoms with van der Waals surface area (Å²) in [7, 11) is -2.34. The van der Waals surface area contributed by atoms with Crippen LogP contribution in [0.25, 0.3) is 11.5 Å². The Kier molecular flexibility index (Phi) is 6.38. The Morgan fingerprint density at radius 1 is 1.19 bits per heavy atom. The summed E-state index contributed by atoms with van der Waals surface area (Å²) >= 11 is 12.1. The van der Waals surface area contributed by atoms with Crippen molar-refractivity contribution in [1.29, 1.82) is 0 Å². The molecule has 32 heavy (non-hydrogen) atoms. The lowest BCUT2D eigenvalue weighted by atomic mass is 10.2. The highest BCUT2D eigenvalue weighted by atomic mass is 35.5. The zero-order valence-electron chi connectivity index (χ0n) is 16.7. The summed E-state index contributed by atoms with van der Waals surface area (Å²) in [5.74, 6) is 0.182. The van der Waals surface area contributed by atoms with E-state index in [0.29, 0.717) is 11.3 Å². The van der Waals surface area contributed by atoms with E-state index < -0.39 is 16.0 Å². The lowest BCUT2D eigenvalue weighted by molar-refractivity contribution is 0.0459. The number of esters is 1. The predicted molar refractivity (Wildman–Crippen MR) is 115 cm³/mol. The topological polar surface area (TPSA) is 121 Å². The van der Waals surface area contributed by atoms with Crippen molar-refractivity contribution in [2.45, 2.75) is 30.4 Å². The Labute approximate surface area is 193 Å². The van der Waals surface area contributed by atoms with Crippen LogP contribution in [-0.2, 0) is 21.4 Å². The standard InChI is InChI=1S/C20H17Cl2N3O6S/c1-29-13-6-2-11(3-7-13)19-23-18(24-31-19)10-30-20(26)14-8-17(16(22)9-15(14)21)32(27,28)25-12-4-5-12/h2-3,6-9,12,25H,4-5,10H2,1H3. The molecule has 0 bridgehead atoms. The number of sulfonamides is 1. The molecule has 1 heterocycles. The minimum atomic E-state index is -3.90. The van der Waals surface area contributed by atoms with E-state index in [1.165, 1.54) is 6.07 Å². The SMILES string of the molecule is COc1ccc(-c2nc(COC(=O)c3cc(S(=O)(=O)NC4CC4)c(Cl)cc3Cl)no2)cc1. The number of hydrogen-bond acceptors (Lipinski definition) is 8. The van der Waals surface area contributed by atoms with Crippen LogP contribution in [0.15, 0.2) is 45.8 Å². The van der Waals surface area contributed by atoms with E-state index in [0.717, 1.165) is 18.9 Å². The molecule has 0 unspecified atom stereocenters. The number of carbonyl (C=O) groups excluding carboxylic acids is 1. The van der Waals surface area contributed by atoms with Gasteiger partial charge in [0.25, 0.3) is 5.89 Å². The van der Waals surface area contributed by atoms with E-state index in [2.05, 4.69) is 14.9 Å². The second-order valence-electron chi connectivity index (χ2n) is 6.98. The monoisotopic (exact) mass is 497 g/mol. The number of ether oxygens (including phenoxy) is 2. The Morgan fingerprint density at radius 3 is 2.56 bits per heavy atom. The molecule has 9 nitrogen and oxygen atoms in total. The van der Waals surface area contributed by atoms with Gasteiger partial charge in [-0.15, -0.1) is 0 Å². The van der Waals surface area contributed by atoms with Gasteiger partial charge in [-0.2, -0.15) is 4.98 Å². The van der Waals surface area contributed by atoms with Crippen LogP contribution in [0.2, 0.25) is 10.0 Å². The lowest BCUT2D eigenvalue weighted by Gasteiger charge is -2.11. The fourth-order valence-corrected chi connectivity index (χ4v) is 4.90. The number of carbonyl (C=O) groups is 1. The molecular weight excluding hydrogens is 481 g/mol. The molecule has 1 fully saturated rings. The molecule has 1 aliphatic carbocycles. The van der Waals surface area contributed by atoms with Crippen LogP contribution in [0.3, 0.4) is 0 Å². The first-order valence-electron chi connectivity index (χ1n) is 9.42. The van der Waals surface area contributed by atoms with Crippen molar-refractivity contribution in [3.05, 3.63) is 57.8 Å². The highest BCUT2D eigenvalue weighted by molar-refractivity contribution is 7.89. The zero-order valence-corrected chi connectivity index (χ0v) is 19.0. The number of rotatable bonds is 8. The maximum absolute atomic E-state index is 12.5. The Morgan fingerprint density at radius 2 is 1.91 bits per heavy atom. The van der Waals surface area contributed by atoms with Crippen molar-refractivity contribution >= 4 is 39.2 Å². The molecule has 4 rings (SSSR count). The quantitative estimate of drug-likeness (QED) is 0.465. The fraction of sp³-hybridized carbons (Fsp3) is 0.250. The van der Waals surface area contributed by atoms with Gasteiger partial charge in [-0.1, -0.05) is 28.4 Å². The highest BCUT2D eigenvalue weighted by Gasteiger charge is 2.30. The van der Waals surface area contributed by atoms with Crippen molar-refractivity contribution < 1.29 is 27.2 Å². The lowest BCUT2D eigenvalue weighted by Crippen LogP contribution is -2.26. The van der Waals surface area contributed by atoms with E-state index in [1.807, 2.05) is 0 Å². The maximum Gasteiger partial charge on any atom is 0.340 e. The molecule has 0 spiro atoms. The first kappa shape index (κ1) is 22.5. The highest BCUT2D eigenvalue weighted by Crippen LogP contribution is 2.31. The molecule has 0 radical (unpaired) electrons. The number of nitrogens with one attached hydrogen (secondary N) is 1. The van der Waals surface area contributed by atoms with Crippen molar-refractivity contribution in [2.75, 3.05) is 7.11 Å². The van der Waals surface area contributed by atoms with Gasteiger partial charge >= 0.3 is 5.97 Å². The van der Waals surface area contributed by atoms with Crippen LogP contribution in [0.1, 0.15) is 29.0 Å². The molecule has 1 aromatic heterocycles. The normalized spacial score (nSPS) is 13.7. The maximum atomic E-state index is 12.5. The van der Waals surface area contributed by atoms with Gasteiger partial charge in [0, 0.05) is 11.6 Å². The Hall–Kier alpha value is -2.66. The van der Waals surface area contributed by atoms with E-state index in [4.69, 9.17) is 37.2 Å². The Bertz CT molecular complexity index is 1260. The molecule has 1 N–H and O–H groups in total.